The van der Waals surface area contributed by atoms with Crippen molar-refractivity contribution in [2.45, 2.75) is 6.04 Å². The summed E-state index contributed by atoms with van der Waals surface area (Å²) in [5.41, 5.74) is 6.03. The van der Waals surface area contributed by atoms with Crippen molar-refractivity contribution in [1.29, 1.82) is 0 Å². The van der Waals surface area contributed by atoms with Crippen molar-refractivity contribution in [2.75, 3.05) is 0 Å². The summed E-state index contributed by atoms with van der Waals surface area (Å²) >= 11 is 6.52. The van der Waals surface area contributed by atoms with Gasteiger partial charge in [0.05, 0.1) is 6.04 Å². The number of rotatable bonds is 2. The van der Waals surface area contributed by atoms with Crippen molar-refractivity contribution in [3.8, 4) is 0 Å². The van der Waals surface area contributed by atoms with Gasteiger partial charge in [-0.2, -0.15) is 0 Å². The van der Waals surface area contributed by atoms with Crippen molar-refractivity contribution in [3.63, 3.8) is 0 Å². The summed E-state index contributed by atoms with van der Waals surface area (Å²) in [7, 11) is 0. The highest BCUT2D eigenvalue weighted by molar-refractivity contribution is 9.10. The van der Waals surface area contributed by atoms with Crippen LogP contribution in [0.4, 0.5) is 0 Å². The molecule has 2 aromatic rings. The molecule has 0 aromatic carbocycles. The van der Waals surface area contributed by atoms with Crippen LogP contribution in [0, 0.1) is 0 Å². The summed E-state index contributed by atoms with van der Waals surface area (Å²) in [6.45, 7) is 0. The zero-order valence-electron chi connectivity index (χ0n) is 6.61. The highest BCUT2D eigenvalue weighted by Crippen LogP contribution is 2.29. The molecule has 0 fully saturated rings. The quantitative estimate of drug-likeness (QED) is 0.915. The summed E-state index contributed by atoms with van der Waals surface area (Å²) in [6.07, 6.45) is 1.78. The number of nitrogens with zero attached hydrogens (tertiary/aromatic N) is 1. The second-order valence-electron chi connectivity index (χ2n) is 2.56. The number of thiophene rings is 1. The number of halogens is 1. The summed E-state index contributed by atoms with van der Waals surface area (Å²) in [5.74, 6) is 0. The van der Waals surface area contributed by atoms with Crippen LogP contribution >= 0.6 is 38.8 Å². The minimum absolute atomic E-state index is 0.0243. The molecule has 13 heavy (non-hydrogen) atoms. The molecule has 0 aliphatic heterocycles. The van der Waals surface area contributed by atoms with Gasteiger partial charge in [-0.3, -0.25) is 0 Å². The first-order valence-electron chi connectivity index (χ1n) is 3.67. The normalized spacial score (nSPS) is 13.1. The Kier molecular flexibility index (Phi) is 2.78. The van der Waals surface area contributed by atoms with E-state index < -0.39 is 0 Å². The second kappa shape index (κ2) is 3.88. The second-order valence-corrected chi connectivity index (χ2v) is 5.28. The van der Waals surface area contributed by atoms with E-state index in [1.807, 2.05) is 11.4 Å². The maximum atomic E-state index is 6.03. The summed E-state index contributed by atoms with van der Waals surface area (Å²) in [4.78, 5) is 2.27. The van der Waals surface area contributed by atoms with E-state index in [2.05, 4.69) is 26.4 Å². The molecule has 0 spiro atoms. The van der Waals surface area contributed by atoms with Crippen molar-refractivity contribution in [2.24, 2.45) is 5.73 Å². The van der Waals surface area contributed by atoms with Gasteiger partial charge in [0, 0.05) is 25.8 Å². The average Bonchev–Trinajstić information content (AvgIpc) is 2.72. The van der Waals surface area contributed by atoms with E-state index in [1.165, 1.54) is 11.5 Å². The molecule has 0 saturated carbocycles. The molecule has 2 N–H and O–H groups in total. The van der Waals surface area contributed by atoms with Gasteiger partial charge < -0.3 is 5.73 Å². The van der Waals surface area contributed by atoms with Gasteiger partial charge in [-0.15, -0.1) is 11.3 Å². The van der Waals surface area contributed by atoms with E-state index in [0.717, 1.165) is 14.2 Å². The maximum Gasteiger partial charge on any atom is 0.0756 e. The third kappa shape index (κ3) is 1.99. The first kappa shape index (κ1) is 9.33. The summed E-state index contributed by atoms with van der Waals surface area (Å²) in [6, 6.07) is 3.99. The van der Waals surface area contributed by atoms with Gasteiger partial charge in [0.1, 0.15) is 0 Å². The predicted octanol–water partition coefficient (Wildman–Crippen LogP) is 3.02. The molecule has 0 radical (unpaired) electrons. The van der Waals surface area contributed by atoms with Crippen LogP contribution in [0.3, 0.4) is 0 Å². The maximum absolute atomic E-state index is 6.03. The lowest BCUT2D eigenvalue weighted by atomic mass is 10.2. The lowest BCUT2D eigenvalue weighted by Crippen LogP contribution is -2.07. The zero-order chi connectivity index (χ0) is 9.26. The Hall–Kier alpha value is -0.230. The van der Waals surface area contributed by atoms with Gasteiger partial charge in [-0.05, 0) is 39.6 Å². The van der Waals surface area contributed by atoms with Crippen LogP contribution in [0.5, 0.6) is 0 Å². The third-order valence-electron chi connectivity index (χ3n) is 1.66. The molecular formula is C8H7BrN2S2. The number of nitrogens with two attached hydrogens (primary N) is 1. The fraction of sp³-hybridized carbons (Fsp3) is 0.125. The lowest BCUT2D eigenvalue weighted by molar-refractivity contribution is 0.917. The van der Waals surface area contributed by atoms with Crippen LogP contribution < -0.4 is 5.73 Å². The Bertz CT molecular complexity index is 383. The molecule has 0 saturated heterocycles. The molecule has 5 heteroatoms. The first-order chi connectivity index (χ1) is 6.27. The molecule has 2 nitrogen and oxygen atoms in total. The van der Waals surface area contributed by atoms with Crippen LogP contribution in [-0.4, -0.2) is 4.37 Å². The van der Waals surface area contributed by atoms with E-state index in [0.29, 0.717) is 0 Å². The Morgan fingerprint density at radius 1 is 1.46 bits per heavy atom. The van der Waals surface area contributed by atoms with E-state index in [9.17, 15) is 0 Å². The van der Waals surface area contributed by atoms with Gasteiger partial charge >= 0.3 is 0 Å². The molecular weight excluding hydrogens is 268 g/mol. The van der Waals surface area contributed by atoms with Gasteiger partial charge in [0.2, 0.25) is 0 Å². The first-order valence-corrected chi connectivity index (χ1v) is 6.12. The third-order valence-corrected chi connectivity index (χ3v) is 4.26. The zero-order valence-corrected chi connectivity index (χ0v) is 9.82. The minimum Gasteiger partial charge on any atom is -0.319 e. The highest BCUT2D eigenvalue weighted by atomic mass is 79.9. The van der Waals surface area contributed by atoms with Gasteiger partial charge in [-0.25, -0.2) is 4.37 Å². The van der Waals surface area contributed by atoms with Crippen LogP contribution in [0.15, 0.2) is 28.2 Å². The molecule has 68 valence electrons. The Morgan fingerprint density at radius 2 is 2.31 bits per heavy atom. The Balaban J connectivity index is 2.28. The van der Waals surface area contributed by atoms with Gasteiger partial charge in [-0.1, -0.05) is 0 Å². The molecule has 1 atom stereocenters. The highest BCUT2D eigenvalue weighted by Gasteiger charge is 2.12. The number of hydrogen-bond donors (Lipinski definition) is 1. The fourth-order valence-corrected chi connectivity index (χ4v) is 3.16. The standard InChI is InChI=1S/C8H7BrN2S2/c9-5-3-7(12-4-5)8(10)6-1-2-11-13-6/h1-4,8H,10H2. The molecule has 2 aromatic heterocycles. The van der Waals surface area contributed by atoms with Crippen molar-refractivity contribution in [3.05, 3.63) is 37.9 Å². The van der Waals surface area contributed by atoms with Gasteiger partial charge in [0.25, 0.3) is 0 Å². The average molecular weight is 275 g/mol. The van der Waals surface area contributed by atoms with Crippen LogP contribution in [0.1, 0.15) is 15.8 Å². The van der Waals surface area contributed by atoms with Crippen molar-refractivity contribution in [1.82, 2.24) is 4.37 Å². The number of aromatic nitrogens is 1. The predicted molar refractivity (Wildman–Crippen MR) is 60.2 cm³/mol. The summed E-state index contributed by atoms with van der Waals surface area (Å²) in [5, 5.41) is 2.04. The monoisotopic (exact) mass is 274 g/mol. The minimum atomic E-state index is -0.0243. The van der Waals surface area contributed by atoms with E-state index in [4.69, 9.17) is 5.73 Å². The van der Waals surface area contributed by atoms with E-state index in [1.54, 1.807) is 17.5 Å². The molecule has 2 rings (SSSR count). The van der Waals surface area contributed by atoms with Crippen LogP contribution in [0.25, 0.3) is 0 Å². The SMILES string of the molecule is NC(c1cc(Br)cs1)c1ccns1. The topological polar surface area (TPSA) is 38.9 Å². The molecule has 2 heterocycles. The van der Waals surface area contributed by atoms with E-state index >= 15 is 0 Å². The van der Waals surface area contributed by atoms with E-state index in [-0.39, 0.29) is 6.04 Å². The number of hydrogen-bond acceptors (Lipinski definition) is 4. The molecule has 1 unspecified atom stereocenters. The van der Waals surface area contributed by atoms with Crippen molar-refractivity contribution >= 4 is 38.8 Å². The Labute approximate surface area is 92.7 Å². The van der Waals surface area contributed by atoms with Crippen LogP contribution in [-0.2, 0) is 0 Å². The smallest absolute Gasteiger partial charge is 0.0756 e. The molecule has 0 amide bonds. The van der Waals surface area contributed by atoms with Crippen LogP contribution in [0.2, 0.25) is 0 Å². The molecule has 0 aliphatic carbocycles. The largest absolute Gasteiger partial charge is 0.319 e. The summed E-state index contributed by atoms with van der Waals surface area (Å²) < 4.78 is 5.12. The molecule has 0 aliphatic rings. The van der Waals surface area contributed by atoms with Crippen molar-refractivity contribution < 1.29 is 0 Å². The lowest BCUT2D eigenvalue weighted by Gasteiger charge is -2.04. The fourth-order valence-electron chi connectivity index (χ4n) is 1.02. The Morgan fingerprint density at radius 3 is 2.85 bits per heavy atom. The molecule has 0 bridgehead atoms. The van der Waals surface area contributed by atoms with Gasteiger partial charge in [0.15, 0.2) is 0 Å².